The summed E-state index contributed by atoms with van der Waals surface area (Å²) in [4.78, 5) is 26.9. The largest absolute Gasteiger partial charge is 0.328 e. The van der Waals surface area contributed by atoms with Crippen molar-refractivity contribution in [3.63, 3.8) is 0 Å². The summed E-state index contributed by atoms with van der Waals surface area (Å²) in [5.41, 5.74) is 1.48. The maximum atomic E-state index is 13.1. The zero-order chi connectivity index (χ0) is 16.7. The smallest absolute Gasteiger partial charge is 0.220 e. The Morgan fingerprint density at radius 3 is 2.04 bits per heavy atom. The van der Waals surface area contributed by atoms with Crippen LogP contribution in [-0.4, -0.2) is 23.1 Å². The summed E-state index contributed by atoms with van der Waals surface area (Å²) >= 11 is 0. The number of carbonyl (C=O) groups excluding carboxylic acids is 2. The van der Waals surface area contributed by atoms with Crippen LogP contribution in [0.3, 0.4) is 0 Å². The molecule has 2 rings (SSSR count). The summed E-state index contributed by atoms with van der Waals surface area (Å²) in [5, 5.41) is 0. The molecule has 0 aromatic heterocycles. The van der Waals surface area contributed by atoms with Gasteiger partial charge in [-0.2, -0.15) is 0 Å². The lowest BCUT2D eigenvalue weighted by Crippen LogP contribution is -2.38. The second-order valence-electron chi connectivity index (χ2n) is 5.61. The van der Waals surface area contributed by atoms with E-state index >= 15 is 0 Å². The van der Waals surface area contributed by atoms with Crippen LogP contribution < -0.4 is 0 Å². The van der Waals surface area contributed by atoms with Gasteiger partial charge >= 0.3 is 0 Å². The summed E-state index contributed by atoms with van der Waals surface area (Å²) in [6.07, 6.45) is 1.86. The van der Waals surface area contributed by atoms with Gasteiger partial charge in [0.15, 0.2) is 5.78 Å². The van der Waals surface area contributed by atoms with Gasteiger partial charge < -0.3 is 4.90 Å². The number of hydrogen-bond donors (Lipinski definition) is 0. The van der Waals surface area contributed by atoms with Gasteiger partial charge in [0.05, 0.1) is 0 Å². The molecule has 0 spiro atoms. The molecular formula is C20H23NO2. The fourth-order valence-electron chi connectivity index (χ4n) is 2.67. The Morgan fingerprint density at radius 1 is 0.957 bits per heavy atom. The van der Waals surface area contributed by atoms with E-state index in [1.807, 2.05) is 48.5 Å². The molecule has 0 aliphatic rings. The number of nitrogens with zero attached hydrogens (tertiary/aromatic N) is 1. The summed E-state index contributed by atoms with van der Waals surface area (Å²) in [6, 6.07) is 18.2. The Balaban J connectivity index is 2.42. The minimum Gasteiger partial charge on any atom is -0.328 e. The van der Waals surface area contributed by atoms with Crippen LogP contribution >= 0.6 is 0 Å². The van der Waals surface area contributed by atoms with Gasteiger partial charge in [-0.15, -0.1) is 0 Å². The molecule has 3 heteroatoms. The number of unbranched alkanes of at least 4 members (excludes halogenated alkanes) is 1. The molecular weight excluding hydrogens is 286 g/mol. The molecule has 0 radical (unpaired) electrons. The third kappa shape index (κ3) is 4.28. The van der Waals surface area contributed by atoms with E-state index < -0.39 is 6.04 Å². The van der Waals surface area contributed by atoms with Crippen molar-refractivity contribution >= 4 is 11.7 Å². The molecule has 23 heavy (non-hydrogen) atoms. The highest BCUT2D eigenvalue weighted by atomic mass is 16.2. The van der Waals surface area contributed by atoms with E-state index in [2.05, 4.69) is 6.92 Å². The minimum absolute atomic E-state index is 0.0388. The third-order valence-corrected chi connectivity index (χ3v) is 3.89. The highest BCUT2D eigenvalue weighted by molar-refractivity contribution is 6.02. The van der Waals surface area contributed by atoms with Gasteiger partial charge in [-0.1, -0.05) is 74.0 Å². The van der Waals surface area contributed by atoms with Crippen LogP contribution in [0.1, 0.15) is 48.7 Å². The highest BCUT2D eigenvalue weighted by Crippen LogP contribution is 2.26. The quantitative estimate of drug-likeness (QED) is 0.717. The lowest BCUT2D eigenvalue weighted by atomic mass is 9.95. The van der Waals surface area contributed by atoms with Gasteiger partial charge in [-0.25, -0.2) is 0 Å². The van der Waals surface area contributed by atoms with Gasteiger partial charge in [0.25, 0.3) is 0 Å². The van der Waals surface area contributed by atoms with E-state index in [0.29, 0.717) is 12.1 Å². The summed E-state index contributed by atoms with van der Waals surface area (Å²) in [5.74, 6) is -0.111. The Bertz CT molecular complexity index is 637. The lowest BCUT2D eigenvalue weighted by molar-refractivity contribution is -0.130. The fourth-order valence-corrected chi connectivity index (χ4v) is 2.67. The van der Waals surface area contributed by atoms with Crippen molar-refractivity contribution in [2.75, 3.05) is 6.54 Å². The van der Waals surface area contributed by atoms with E-state index in [-0.39, 0.29) is 11.7 Å². The lowest BCUT2D eigenvalue weighted by Gasteiger charge is -2.30. The minimum atomic E-state index is -0.567. The third-order valence-electron chi connectivity index (χ3n) is 3.89. The normalized spacial score (nSPS) is 11.7. The Kier molecular flexibility index (Phi) is 6.10. The molecule has 0 heterocycles. The molecule has 1 atom stereocenters. The first-order valence-corrected chi connectivity index (χ1v) is 8.06. The highest BCUT2D eigenvalue weighted by Gasteiger charge is 2.29. The molecule has 0 aliphatic carbocycles. The molecule has 0 aliphatic heterocycles. The predicted octanol–water partition coefficient (Wildman–Crippen LogP) is 4.26. The van der Waals surface area contributed by atoms with Crippen molar-refractivity contribution in [3.8, 4) is 0 Å². The standard InChI is InChI=1S/C20H23NO2/c1-3-4-15-21(16(2)22)19(17-11-7-5-8-12-17)20(23)18-13-9-6-10-14-18/h5-14,19H,3-4,15H2,1-2H3. The van der Waals surface area contributed by atoms with Gasteiger partial charge in [0, 0.05) is 19.0 Å². The van der Waals surface area contributed by atoms with Crippen molar-refractivity contribution in [1.82, 2.24) is 4.90 Å². The molecule has 0 saturated heterocycles. The molecule has 3 nitrogen and oxygen atoms in total. The number of ketones is 1. The SMILES string of the molecule is CCCCN(C(C)=O)C(C(=O)c1ccccc1)c1ccccc1. The van der Waals surface area contributed by atoms with Crippen LogP contribution in [0, 0.1) is 0 Å². The summed E-state index contributed by atoms with van der Waals surface area (Å²) in [6.45, 7) is 4.20. The van der Waals surface area contributed by atoms with Crippen LogP contribution in [0.15, 0.2) is 60.7 Å². The van der Waals surface area contributed by atoms with Crippen molar-refractivity contribution in [1.29, 1.82) is 0 Å². The molecule has 0 saturated carbocycles. The molecule has 0 N–H and O–H groups in total. The number of rotatable bonds is 7. The molecule has 2 aromatic rings. The first-order valence-electron chi connectivity index (χ1n) is 8.06. The second-order valence-corrected chi connectivity index (χ2v) is 5.61. The number of carbonyl (C=O) groups is 2. The molecule has 0 fully saturated rings. The summed E-state index contributed by atoms with van der Waals surface area (Å²) < 4.78 is 0. The number of amides is 1. The molecule has 0 bridgehead atoms. The van der Waals surface area contributed by atoms with Gasteiger partial charge in [0.2, 0.25) is 5.91 Å². The van der Waals surface area contributed by atoms with Crippen molar-refractivity contribution < 1.29 is 9.59 Å². The maximum Gasteiger partial charge on any atom is 0.220 e. The first-order chi connectivity index (χ1) is 11.1. The zero-order valence-electron chi connectivity index (χ0n) is 13.7. The maximum absolute atomic E-state index is 13.1. The van der Waals surface area contributed by atoms with Crippen molar-refractivity contribution in [2.24, 2.45) is 0 Å². The second kappa shape index (κ2) is 8.28. The topological polar surface area (TPSA) is 37.4 Å². The average Bonchev–Trinajstić information content (AvgIpc) is 2.59. The van der Waals surface area contributed by atoms with E-state index in [1.54, 1.807) is 17.0 Å². The first kappa shape index (κ1) is 16.9. The van der Waals surface area contributed by atoms with E-state index in [0.717, 1.165) is 18.4 Å². The van der Waals surface area contributed by atoms with Crippen LogP contribution in [0.4, 0.5) is 0 Å². The summed E-state index contributed by atoms with van der Waals surface area (Å²) in [7, 11) is 0. The number of Topliss-reactive ketones (excluding diaryl/α,β-unsaturated/α-hetero) is 1. The van der Waals surface area contributed by atoms with E-state index in [4.69, 9.17) is 0 Å². The predicted molar refractivity (Wildman–Crippen MR) is 92.3 cm³/mol. The van der Waals surface area contributed by atoms with Gasteiger partial charge in [0.1, 0.15) is 6.04 Å². The van der Waals surface area contributed by atoms with Crippen molar-refractivity contribution in [3.05, 3.63) is 71.8 Å². The van der Waals surface area contributed by atoms with Crippen LogP contribution in [0.25, 0.3) is 0 Å². The Morgan fingerprint density at radius 2 is 1.52 bits per heavy atom. The van der Waals surface area contributed by atoms with E-state index in [1.165, 1.54) is 6.92 Å². The number of hydrogen-bond acceptors (Lipinski definition) is 2. The number of benzene rings is 2. The van der Waals surface area contributed by atoms with Crippen LogP contribution in [-0.2, 0) is 4.79 Å². The Hall–Kier alpha value is -2.42. The van der Waals surface area contributed by atoms with Crippen LogP contribution in [0.2, 0.25) is 0 Å². The molecule has 120 valence electrons. The van der Waals surface area contributed by atoms with Crippen molar-refractivity contribution in [2.45, 2.75) is 32.7 Å². The molecule has 1 amide bonds. The Labute approximate surface area is 137 Å². The molecule has 1 unspecified atom stereocenters. The molecule has 2 aromatic carbocycles. The average molecular weight is 309 g/mol. The monoisotopic (exact) mass is 309 g/mol. The van der Waals surface area contributed by atoms with Crippen LogP contribution in [0.5, 0.6) is 0 Å². The zero-order valence-corrected chi connectivity index (χ0v) is 13.7. The van der Waals surface area contributed by atoms with Gasteiger partial charge in [-0.3, -0.25) is 9.59 Å². The van der Waals surface area contributed by atoms with E-state index in [9.17, 15) is 9.59 Å². The van der Waals surface area contributed by atoms with Gasteiger partial charge in [-0.05, 0) is 12.0 Å². The fraction of sp³-hybridized carbons (Fsp3) is 0.300.